The van der Waals surface area contributed by atoms with E-state index < -0.39 is 11.9 Å². The zero-order chi connectivity index (χ0) is 19.3. The van der Waals surface area contributed by atoms with E-state index in [9.17, 15) is 19.5 Å². The van der Waals surface area contributed by atoms with Crippen LogP contribution in [0.25, 0.3) is 0 Å². The van der Waals surface area contributed by atoms with E-state index in [1.54, 1.807) is 6.07 Å². The Bertz CT molecular complexity index is 847. The highest BCUT2D eigenvalue weighted by molar-refractivity contribution is 7.98. The van der Waals surface area contributed by atoms with Gasteiger partial charge >= 0.3 is 11.9 Å². The zero-order valence-corrected chi connectivity index (χ0v) is 15.1. The van der Waals surface area contributed by atoms with Crippen LogP contribution in [-0.4, -0.2) is 37.8 Å². The Morgan fingerprint density at radius 3 is 2.65 bits per heavy atom. The number of phenols is 1. The number of rotatable bonds is 7. The minimum Gasteiger partial charge on any atom is -0.507 e. The predicted octanol–water partition coefficient (Wildman–Crippen LogP) is 2.59. The number of aromatic nitrogens is 2. The van der Waals surface area contributed by atoms with Crippen molar-refractivity contribution >= 4 is 35.2 Å². The van der Waals surface area contributed by atoms with Crippen LogP contribution < -0.4 is 5.32 Å². The Morgan fingerprint density at radius 1 is 1.31 bits per heavy atom. The molecule has 1 heterocycles. The second-order valence-corrected chi connectivity index (χ2v) is 6.52. The number of benzene rings is 1. The fourth-order valence-electron chi connectivity index (χ4n) is 2.39. The molecule has 0 radical (unpaired) electrons. The van der Waals surface area contributed by atoms with Gasteiger partial charge in [0.15, 0.2) is 10.9 Å². The molecule has 0 bridgehead atoms. The molecule has 26 heavy (non-hydrogen) atoms. The Morgan fingerprint density at radius 2 is 2.04 bits per heavy atom. The molecule has 0 atom stereocenters. The molecule has 0 saturated carbocycles. The number of aliphatic carboxylic acids is 1. The van der Waals surface area contributed by atoms with E-state index in [4.69, 9.17) is 5.11 Å². The van der Waals surface area contributed by atoms with E-state index in [2.05, 4.69) is 15.3 Å². The second-order valence-electron chi connectivity index (χ2n) is 5.56. The maximum atomic E-state index is 11.6. The van der Waals surface area contributed by atoms with E-state index in [0.717, 1.165) is 17.5 Å². The summed E-state index contributed by atoms with van der Waals surface area (Å²) in [5.74, 6) is -2.24. The number of imidazole rings is 1. The molecule has 1 aromatic carbocycles. The number of hydrogen-bond donors (Lipinski definition) is 4. The van der Waals surface area contributed by atoms with Gasteiger partial charge in [0.25, 0.3) is 0 Å². The topological polar surface area (TPSA) is 132 Å². The average molecular weight is 377 g/mol. The van der Waals surface area contributed by atoms with Gasteiger partial charge < -0.3 is 20.5 Å². The number of hydrogen-bond acceptors (Lipinski definition) is 6. The SMILES string of the molecule is CCCc1c(CSc2ncc(NC(=O)C(=O)O)[nH]2)ccc(C(C)=O)c1O. The van der Waals surface area contributed by atoms with Crippen LogP contribution in [0.3, 0.4) is 0 Å². The van der Waals surface area contributed by atoms with E-state index in [-0.39, 0.29) is 17.4 Å². The third-order valence-corrected chi connectivity index (χ3v) is 4.55. The molecule has 2 rings (SSSR count). The van der Waals surface area contributed by atoms with E-state index in [0.29, 0.717) is 22.9 Å². The van der Waals surface area contributed by atoms with E-state index in [1.807, 2.05) is 13.0 Å². The highest BCUT2D eigenvalue weighted by atomic mass is 32.2. The first-order chi connectivity index (χ1) is 12.3. The van der Waals surface area contributed by atoms with Gasteiger partial charge in [0, 0.05) is 5.75 Å². The van der Waals surface area contributed by atoms with Gasteiger partial charge in [0.1, 0.15) is 11.6 Å². The standard InChI is InChI=1S/C17H19N3O5S/c1-3-4-12-10(5-6-11(9(2)21)14(12)22)8-26-17-18-7-13(20-17)19-15(23)16(24)25/h5-7,22H,3-4,8H2,1-2H3,(H,18,20)(H,19,23)(H,24,25). The number of anilines is 1. The average Bonchev–Trinajstić information content (AvgIpc) is 3.02. The Hall–Kier alpha value is -2.81. The number of nitrogens with one attached hydrogen (secondary N) is 2. The highest BCUT2D eigenvalue weighted by Gasteiger charge is 2.16. The molecular formula is C17H19N3O5S. The summed E-state index contributed by atoms with van der Waals surface area (Å²) in [5.41, 5.74) is 1.92. The number of carboxylic acids is 1. The Balaban J connectivity index is 2.13. The quantitative estimate of drug-likeness (QED) is 0.331. The number of aromatic hydroxyl groups is 1. The maximum absolute atomic E-state index is 11.6. The second kappa shape index (κ2) is 8.52. The van der Waals surface area contributed by atoms with Crippen molar-refractivity contribution in [2.75, 3.05) is 5.32 Å². The molecule has 0 unspecified atom stereocenters. The van der Waals surface area contributed by atoms with Crippen LogP contribution in [0.2, 0.25) is 0 Å². The number of Topliss-reactive ketones (excluding diaryl/α,β-unsaturated/α-hetero) is 1. The zero-order valence-electron chi connectivity index (χ0n) is 14.3. The van der Waals surface area contributed by atoms with Crippen LogP contribution in [0.15, 0.2) is 23.5 Å². The number of aromatic amines is 1. The summed E-state index contributed by atoms with van der Waals surface area (Å²) in [6.45, 7) is 3.40. The molecule has 0 aliphatic carbocycles. The largest absolute Gasteiger partial charge is 0.507 e. The molecule has 1 amide bonds. The van der Waals surface area contributed by atoms with Crippen LogP contribution in [0, 0.1) is 0 Å². The lowest BCUT2D eigenvalue weighted by Gasteiger charge is -2.13. The van der Waals surface area contributed by atoms with Crippen molar-refractivity contribution in [3.8, 4) is 5.75 Å². The van der Waals surface area contributed by atoms with Gasteiger partial charge in [-0.15, -0.1) is 0 Å². The summed E-state index contributed by atoms with van der Waals surface area (Å²) in [4.78, 5) is 40.1. The monoisotopic (exact) mass is 377 g/mol. The molecule has 4 N–H and O–H groups in total. The van der Waals surface area contributed by atoms with Crippen LogP contribution in [0.4, 0.5) is 5.82 Å². The first-order valence-electron chi connectivity index (χ1n) is 7.90. The number of amides is 1. The molecule has 2 aromatic rings. The number of H-pyrrole nitrogens is 1. The number of carboxylic acid groups (broad SMARTS) is 1. The lowest BCUT2D eigenvalue weighted by molar-refractivity contribution is -0.147. The van der Waals surface area contributed by atoms with Crippen molar-refractivity contribution in [1.29, 1.82) is 0 Å². The van der Waals surface area contributed by atoms with Gasteiger partial charge in [-0.1, -0.05) is 31.2 Å². The van der Waals surface area contributed by atoms with E-state index in [1.165, 1.54) is 24.9 Å². The van der Waals surface area contributed by atoms with Gasteiger partial charge in [0.2, 0.25) is 0 Å². The van der Waals surface area contributed by atoms with Gasteiger partial charge in [-0.25, -0.2) is 9.78 Å². The minimum absolute atomic E-state index is 0.0197. The molecule has 0 aliphatic rings. The normalized spacial score (nSPS) is 10.5. The predicted molar refractivity (Wildman–Crippen MR) is 96.5 cm³/mol. The van der Waals surface area contributed by atoms with Crippen LogP contribution in [-0.2, 0) is 21.8 Å². The summed E-state index contributed by atoms with van der Waals surface area (Å²) < 4.78 is 0. The summed E-state index contributed by atoms with van der Waals surface area (Å²) in [5, 5.41) is 21.6. The first kappa shape index (κ1) is 19.5. The molecule has 0 aliphatic heterocycles. The van der Waals surface area contributed by atoms with Crippen molar-refractivity contribution in [3.05, 3.63) is 35.0 Å². The number of phenolic OH excluding ortho intramolecular Hbond substituents is 1. The van der Waals surface area contributed by atoms with E-state index >= 15 is 0 Å². The molecule has 1 aromatic heterocycles. The molecular weight excluding hydrogens is 358 g/mol. The Kier molecular flexibility index (Phi) is 6.40. The van der Waals surface area contributed by atoms with Crippen LogP contribution in [0.5, 0.6) is 5.75 Å². The minimum atomic E-state index is -1.58. The van der Waals surface area contributed by atoms with Crippen LogP contribution in [0.1, 0.15) is 41.8 Å². The fourth-order valence-corrected chi connectivity index (χ4v) is 3.26. The lowest BCUT2D eigenvalue weighted by atomic mass is 9.98. The van der Waals surface area contributed by atoms with Crippen molar-refractivity contribution in [2.24, 2.45) is 0 Å². The molecule has 0 saturated heterocycles. The fraction of sp³-hybridized carbons (Fsp3) is 0.294. The van der Waals surface area contributed by atoms with Gasteiger partial charge in [0.05, 0.1) is 11.8 Å². The third kappa shape index (κ3) is 4.63. The molecule has 138 valence electrons. The summed E-state index contributed by atoms with van der Waals surface area (Å²) in [6.07, 6.45) is 2.78. The first-order valence-corrected chi connectivity index (χ1v) is 8.88. The number of thioether (sulfide) groups is 1. The van der Waals surface area contributed by atoms with Gasteiger partial charge in [-0.3, -0.25) is 9.59 Å². The van der Waals surface area contributed by atoms with Gasteiger partial charge in [-0.05, 0) is 30.5 Å². The summed E-state index contributed by atoms with van der Waals surface area (Å²) >= 11 is 1.33. The van der Waals surface area contributed by atoms with Crippen molar-refractivity contribution in [2.45, 2.75) is 37.6 Å². The lowest BCUT2D eigenvalue weighted by Crippen LogP contribution is -2.21. The summed E-state index contributed by atoms with van der Waals surface area (Å²) in [7, 11) is 0. The summed E-state index contributed by atoms with van der Waals surface area (Å²) in [6, 6.07) is 3.41. The van der Waals surface area contributed by atoms with Crippen LogP contribution >= 0.6 is 11.8 Å². The molecule has 0 fully saturated rings. The maximum Gasteiger partial charge on any atom is 0.394 e. The van der Waals surface area contributed by atoms with Crippen molar-refractivity contribution in [3.63, 3.8) is 0 Å². The Labute approximate surface area is 154 Å². The molecule has 0 spiro atoms. The molecule has 8 nitrogen and oxygen atoms in total. The number of ketones is 1. The third-order valence-electron chi connectivity index (χ3n) is 3.62. The molecule has 9 heteroatoms. The number of carbonyl (C=O) groups is 3. The van der Waals surface area contributed by atoms with Crippen molar-refractivity contribution in [1.82, 2.24) is 9.97 Å². The smallest absolute Gasteiger partial charge is 0.394 e. The number of carbonyl (C=O) groups excluding carboxylic acids is 2. The number of nitrogens with zero attached hydrogens (tertiary/aromatic N) is 1. The highest BCUT2D eigenvalue weighted by Crippen LogP contribution is 2.31. The van der Waals surface area contributed by atoms with Gasteiger partial charge in [-0.2, -0.15) is 0 Å². The van der Waals surface area contributed by atoms with Crippen molar-refractivity contribution < 1.29 is 24.6 Å².